The number of hydroxylamine groups is 1. The number of urea groups is 1. The number of benzene rings is 4. The summed E-state index contributed by atoms with van der Waals surface area (Å²) in [5.41, 5.74) is 8.49. The van der Waals surface area contributed by atoms with Crippen LogP contribution in [-0.4, -0.2) is 53.2 Å². The van der Waals surface area contributed by atoms with Crippen LogP contribution in [0.1, 0.15) is 39.7 Å². The summed E-state index contributed by atoms with van der Waals surface area (Å²) in [5, 5.41) is 16.4. The molecule has 5 N–H and O–H groups in total. The van der Waals surface area contributed by atoms with Gasteiger partial charge >= 0.3 is 6.03 Å². The molecule has 0 bridgehead atoms. The Balaban J connectivity index is 1.07. The molecule has 1 heterocycles. The molecular formula is C39H39N5O3. The molecule has 47 heavy (non-hydrogen) atoms. The first kappa shape index (κ1) is 31.6. The van der Waals surface area contributed by atoms with Crippen LogP contribution in [0, 0.1) is 17.8 Å². The number of nitrogens with zero attached hydrogens (tertiary/aromatic N) is 1. The van der Waals surface area contributed by atoms with Crippen molar-refractivity contribution in [3.8, 4) is 11.8 Å². The van der Waals surface area contributed by atoms with Crippen molar-refractivity contribution < 1.29 is 14.8 Å². The molecule has 1 aliphatic carbocycles. The van der Waals surface area contributed by atoms with Gasteiger partial charge in [-0.2, -0.15) is 0 Å². The second-order valence-electron chi connectivity index (χ2n) is 11.9. The maximum absolute atomic E-state index is 13.0. The second-order valence-corrected chi connectivity index (χ2v) is 11.9. The van der Waals surface area contributed by atoms with Crippen LogP contribution < -0.4 is 16.1 Å². The van der Waals surface area contributed by atoms with Gasteiger partial charge in [0.2, 0.25) is 0 Å². The number of aromatic amines is 1. The Morgan fingerprint density at radius 3 is 2.15 bits per heavy atom. The highest BCUT2D eigenvalue weighted by Crippen LogP contribution is 2.30. The van der Waals surface area contributed by atoms with E-state index in [-0.39, 0.29) is 17.9 Å². The third-order valence-corrected chi connectivity index (χ3v) is 8.82. The quantitative estimate of drug-likeness (QED) is 0.0632. The Morgan fingerprint density at radius 1 is 0.809 bits per heavy atom. The molecule has 0 radical (unpaired) electrons. The van der Waals surface area contributed by atoms with Gasteiger partial charge in [-0.05, 0) is 40.3 Å². The van der Waals surface area contributed by atoms with Crippen molar-refractivity contribution in [3.63, 3.8) is 0 Å². The van der Waals surface area contributed by atoms with Gasteiger partial charge in [-0.1, -0.05) is 115 Å². The molecule has 6 rings (SSSR count). The number of hydrogen-bond acceptors (Lipinski definition) is 4. The van der Waals surface area contributed by atoms with Gasteiger partial charge < -0.3 is 15.6 Å². The predicted octanol–water partition coefficient (Wildman–Crippen LogP) is 5.57. The van der Waals surface area contributed by atoms with Crippen molar-refractivity contribution in [3.05, 3.63) is 143 Å². The first-order valence-corrected chi connectivity index (χ1v) is 16.0. The summed E-state index contributed by atoms with van der Waals surface area (Å²) in [6, 6.07) is 36.8. The third-order valence-electron chi connectivity index (χ3n) is 8.82. The zero-order valence-corrected chi connectivity index (χ0v) is 26.2. The Kier molecular flexibility index (Phi) is 10.3. The summed E-state index contributed by atoms with van der Waals surface area (Å²) in [7, 11) is 0. The van der Waals surface area contributed by atoms with E-state index in [2.05, 4.69) is 93.2 Å². The molecule has 1 aliphatic rings. The summed E-state index contributed by atoms with van der Waals surface area (Å²) in [6.07, 6.45) is 2.94. The van der Waals surface area contributed by atoms with Crippen LogP contribution in [0.5, 0.6) is 0 Å². The van der Waals surface area contributed by atoms with Crippen molar-refractivity contribution in [1.29, 1.82) is 0 Å². The fraction of sp³-hybridized carbons (Fsp3) is 0.231. The molecule has 0 fully saturated rings. The monoisotopic (exact) mass is 625 g/mol. The Hall–Kier alpha value is -5.36. The molecule has 1 aromatic heterocycles. The summed E-state index contributed by atoms with van der Waals surface area (Å²) >= 11 is 0. The number of carbonyl (C=O) groups is 2. The second kappa shape index (κ2) is 15.3. The van der Waals surface area contributed by atoms with Crippen LogP contribution in [0.25, 0.3) is 10.9 Å². The van der Waals surface area contributed by atoms with Crippen LogP contribution in [-0.2, 0) is 17.8 Å². The zero-order valence-electron chi connectivity index (χ0n) is 26.2. The van der Waals surface area contributed by atoms with Gasteiger partial charge in [0.15, 0.2) is 0 Å². The average Bonchev–Trinajstić information content (AvgIpc) is 3.51. The fourth-order valence-electron chi connectivity index (χ4n) is 6.17. The van der Waals surface area contributed by atoms with E-state index in [9.17, 15) is 9.59 Å². The molecule has 0 spiro atoms. The van der Waals surface area contributed by atoms with Crippen molar-refractivity contribution >= 4 is 22.8 Å². The number of H-pyrrole nitrogens is 1. The van der Waals surface area contributed by atoms with E-state index in [0.717, 1.165) is 40.7 Å². The van der Waals surface area contributed by atoms with Gasteiger partial charge in [0.1, 0.15) is 5.92 Å². The Bertz CT molecular complexity index is 1800. The number of carbonyl (C=O) groups excluding carboxylic acids is 2. The minimum Gasteiger partial charge on any atom is -0.361 e. The Morgan fingerprint density at radius 2 is 1.49 bits per heavy atom. The van der Waals surface area contributed by atoms with Gasteiger partial charge in [0, 0.05) is 55.7 Å². The lowest BCUT2D eigenvalue weighted by Gasteiger charge is -2.25. The molecule has 8 nitrogen and oxygen atoms in total. The van der Waals surface area contributed by atoms with Gasteiger partial charge in [-0.25, -0.2) is 10.3 Å². The molecular weight excluding hydrogens is 586 g/mol. The van der Waals surface area contributed by atoms with Gasteiger partial charge in [-0.15, -0.1) is 0 Å². The normalized spacial score (nSPS) is 15.1. The molecule has 238 valence electrons. The molecule has 4 aromatic carbocycles. The SMILES string of the molecule is O=C(NCCN(CCc1c[nH]c2ccccc12)Cc1ccc(C2C#CC2C(=O)NO)cc1)NCC(c1ccccc1)c1ccccc1. The highest BCUT2D eigenvalue weighted by Gasteiger charge is 2.32. The molecule has 0 aliphatic heterocycles. The molecule has 8 heteroatoms. The molecule has 5 aromatic rings. The first-order valence-electron chi connectivity index (χ1n) is 16.0. The van der Waals surface area contributed by atoms with E-state index in [1.807, 2.05) is 54.6 Å². The fourth-order valence-corrected chi connectivity index (χ4v) is 6.17. The van der Waals surface area contributed by atoms with Gasteiger partial charge in [-0.3, -0.25) is 14.9 Å². The molecule has 0 saturated carbocycles. The summed E-state index contributed by atoms with van der Waals surface area (Å²) in [4.78, 5) is 30.6. The lowest BCUT2D eigenvalue weighted by Crippen LogP contribution is -2.42. The van der Waals surface area contributed by atoms with Crippen LogP contribution in [0.2, 0.25) is 0 Å². The van der Waals surface area contributed by atoms with Gasteiger partial charge in [0.25, 0.3) is 5.91 Å². The maximum atomic E-state index is 13.0. The number of amides is 3. The topological polar surface area (TPSA) is 109 Å². The van der Waals surface area contributed by atoms with Crippen molar-refractivity contribution in [1.82, 2.24) is 26.0 Å². The largest absolute Gasteiger partial charge is 0.361 e. The summed E-state index contributed by atoms with van der Waals surface area (Å²) in [6.45, 7) is 3.17. The standard InChI is InChI=1S/C39H39N5O3/c45-38(43-47)35-20-19-33(35)31-17-15-28(16-18-31)27-44(23-21-32-25-41-37-14-8-7-13-34(32)37)24-22-40-39(46)42-26-36(29-9-3-1-4-10-29)30-11-5-2-6-12-30/h1-18,25,33,35-36,41,47H,21-24,26-27H2,(H,43,45)(H2,40,42,46). The van der Waals surface area contributed by atoms with Crippen LogP contribution in [0.3, 0.4) is 0 Å². The van der Waals surface area contributed by atoms with Crippen LogP contribution in [0.15, 0.2) is 115 Å². The minimum atomic E-state index is -0.536. The highest BCUT2D eigenvalue weighted by molar-refractivity contribution is 5.84. The van der Waals surface area contributed by atoms with Crippen molar-refractivity contribution in [2.45, 2.75) is 24.8 Å². The van der Waals surface area contributed by atoms with E-state index in [1.165, 1.54) is 10.9 Å². The number of aromatic nitrogens is 1. The van der Waals surface area contributed by atoms with Crippen molar-refractivity contribution in [2.24, 2.45) is 5.92 Å². The number of rotatable bonds is 14. The predicted molar refractivity (Wildman–Crippen MR) is 184 cm³/mol. The van der Waals surface area contributed by atoms with E-state index in [4.69, 9.17) is 5.21 Å². The first-order chi connectivity index (χ1) is 23.1. The van der Waals surface area contributed by atoms with Crippen molar-refractivity contribution in [2.75, 3.05) is 26.2 Å². The van der Waals surface area contributed by atoms with Crippen LogP contribution in [0.4, 0.5) is 4.79 Å². The number of fused-ring (bicyclic) bond motifs is 1. The zero-order chi connectivity index (χ0) is 32.4. The molecule has 0 saturated heterocycles. The lowest BCUT2D eigenvalue weighted by molar-refractivity contribution is -0.132. The number of nitrogens with one attached hydrogen (secondary N) is 4. The lowest BCUT2D eigenvalue weighted by atomic mass is 9.79. The Labute approximate surface area is 275 Å². The molecule has 2 atom stereocenters. The van der Waals surface area contributed by atoms with Crippen LogP contribution >= 0.6 is 0 Å². The van der Waals surface area contributed by atoms with E-state index in [0.29, 0.717) is 26.2 Å². The van der Waals surface area contributed by atoms with E-state index >= 15 is 0 Å². The average molecular weight is 626 g/mol. The third kappa shape index (κ3) is 7.90. The molecule has 3 amide bonds. The summed E-state index contributed by atoms with van der Waals surface area (Å²) < 4.78 is 0. The van der Waals surface area contributed by atoms with E-state index < -0.39 is 11.8 Å². The minimum absolute atomic E-state index is 0.0537. The molecule has 2 unspecified atom stereocenters. The maximum Gasteiger partial charge on any atom is 0.314 e. The van der Waals surface area contributed by atoms with E-state index in [1.54, 1.807) is 5.48 Å². The highest BCUT2D eigenvalue weighted by atomic mass is 16.5. The number of hydrogen-bond donors (Lipinski definition) is 5. The number of para-hydroxylation sites is 1. The van der Waals surface area contributed by atoms with Gasteiger partial charge in [0.05, 0.1) is 5.92 Å². The smallest absolute Gasteiger partial charge is 0.314 e. The summed E-state index contributed by atoms with van der Waals surface area (Å²) in [5.74, 6) is 4.67.